The molecule has 0 aliphatic carbocycles. The summed E-state index contributed by atoms with van der Waals surface area (Å²) in [6.07, 6.45) is 9.85. The number of hydrogen-bond acceptors (Lipinski definition) is 5. The SMILES string of the molecule is CCOc1ccc2nc(/C=C/C=C/c3ccc(NC)nc3)sc2c1. The van der Waals surface area contributed by atoms with Crippen LogP contribution in [0, 0.1) is 0 Å². The average molecular weight is 337 g/mol. The largest absolute Gasteiger partial charge is 0.494 e. The summed E-state index contributed by atoms with van der Waals surface area (Å²) in [7, 11) is 1.86. The third kappa shape index (κ3) is 4.00. The molecule has 122 valence electrons. The predicted octanol–water partition coefficient (Wildman–Crippen LogP) is 4.86. The topological polar surface area (TPSA) is 47.0 Å². The van der Waals surface area contributed by atoms with Gasteiger partial charge in [-0.05, 0) is 48.9 Å². The van der Waals surface area contributed by atoms with Gasteiger partial charge >= 0.3 is 0 Å². The van der Waals surface area contributed by atoms with Crippen molar-refractivity contribution in [3.8, 4) is 5.75 Å². The van der Waals surface area contributed by atoms with Gasteiger partial charge in [0.2, 0.25) is 0 Å². The van der Waals surface area contributed by atoms with E-state index in [0.29, 0.717) is 6.61 Å². The number of fused-ring (bicyclic) bond motifs is 1. The second-order valence-electron chi connectivity index (χ2n) is 5.06. The third-order valence-electron chi connectivity index (χ3n) is 3.37. The minimum absolute atomic E-state index is 0.673. The molecule has 0 saturated heterocycles. The average Bonchev–Trinajstić information content (AvgIpc) is 3.01. The lowest BCUT2D eigenvalue weighted by Gasteiger charge is -2.00. The zero-order chi connectivity index (χ0) is 16.8. The predicted molar refractivity (Wildman–Crippen MR) is 103 cm³/mol. The van der Waals surface area contributed by atoms with Gasteiger partial charge in [0, 0.05) is 13.2 Å². The Morgan fingerprint density at radius 1 is 1.17 bits per heavy atom. The highest BCUT2D eigenvalue weighted by Crippen LogP contribution is 2.27. The monoisotopic (exact) mass is 337 g/mol. The molecule has 24 heavy (non-hydrogen) atoms. The molecule has 0 bridgehead atoms. The van der Waals surface area contributed by atoms with Crippen LogP contribution in [-0.4, -0.2) is 23.6 Å². The second-order valence-corrected chi connectivity index (χ2v) is 6.12. The van der Waals surface area contributed by atoms with Crippen LogP contribution >= 0.6 is 11.3 Å². The van der Waals surface area contributed by atoms with Crippen molar-refractivity contribution >= 4 is 39.5 Å². The molecule has 2 heterocycles. The number of nitrogens with zero attached hydrogens (tertiary/aromatic N) is 2. The van der Waals surface area contributed by atoms with Crippen LogP contribution in [0.1, 0.15) is 17.5 Å². The first-order valence-corrected chi connectivity index (χ1v) is 8.62. The van der Waals surface area contributed by atoms with Gasteiger partial charge in [-0.25, -0.2) is 9.97 Å². The van der Waals surface area contributed by atoms with E-state index in [9.17, 15) is 0 Å². The zero-order valence-electron chi connectivity index (χ0n) is 13.7. The number of rotatable bonds is 6. The van der Waals surface area contributed by atoms with E-state index >= 15 is 0 Å². The smallest absolute Gasteiger partial charge is 0.125 e. The molecule has 0 saturated carbocycles. The van der Waals surface area contributed by atoms with E-state index in [2.05, 4.69) is 15.3 Å². The fourth-order valence-corrected chi connectivity index (χ4v) is 3.12. The lowest BCUT2D eigenvalue weighted by molar-refractivity contribution is 0.341. The molecular weight excluding hydrogens is 318 g/mol. The van der Waals surface area contributed by atoms with Gasteiger partial charge < -0.3 is 10.1 Å². The molecule has 4 nitrogen and oxygen atoms in total. The maximum absolute atomic E-state index is 5.53. The summed E-state index contributed by atoms with van der Waals surface area (Å²) in [6.45, 7) is 2.66. The number of aromatic nitrogens is 2. The van der Waals surface area contributed by atoms with Crippen LogP contribution in [-0.2, 0) is 0 Å². The number of benzene rings is 1. The molecule has 0 atom stereocenters. The number of ether oxygens (including phenoxy) is 1. The van der Waals surface area contributed by atoms with E-state index in [4.69, 9.17) is 4.74 Å². The maximum Gasteiger partial charge on any atom is 0.125 e. The Morgan fingerprint density at radius 2 is 2.04 bits per heavy atom. The third-order valence-corrected chi connectivity index (χ3v) is 4.35. The van der Waals surface area contributed by atoms with Crippen molar-refractivity contribution in [2.45, 2.75) is 6.92 Å². The van der Waals surface area contributed by atoms with E-state index in [0.717, 1.165) is 32.4 Å². The Hall–Kier alpha value is -2.66. The highest BCUT2D eigenvalue weighted by molar-refractivity contribution is 7.19. The van der Waals surface area contributed by atoms with Gasteiger partial charge in [-0.15, -0.1) is 11.3 Å². The molecule has 5 heteroatoms. The van der Waals surface area contributed by atoms with Crippen LogP contribution in [0.5, 0.6) is 5.75 Å². The van der Waals surface area contributed by atoms with Crippen LogP contribution in [0.2, 0.25) is 0 Å². The minimum atomic E-state index is 0.673. The van der Waals surface area contributed by atoms with Crippen LogP contribution in [0.25, 0.3) is 22.4 Å². The molecule has 0 unspecified atom stereocenters. The number of pyridine rings is 1. The van der Waals surface area contributed by atoms with Gasteiger partial charge in [0.15, 0.2) is 0 Å². The highest BCUT2D eigenvalue weighted by Gasteiger charge is 2.02. The lowest BCUT2D eigenvalue weighted by Crippen LogP contribution is -1.90. The fourth-order valence-electron chi connectivity index (χ4n) is 2.21. The summed E-state index contributed by atoms with van der Waals surface area (Å²) in [4.78, 5) is 8.88. The number of allylic oxidation sites excluding steroid dienone is 2. The van der Waals surface area contributed by atoms with Crippen molar-refractivity contribution in [2.75, 3.05) is 19.0 Å². The normalized spacial score (nSPS) is 11.6. The Balaban J connectivity index is 1.69. The first kappa shape index (κ1) is 16.2. The van der Waals surface area contributed by atoms with Crippen LogP contribution in [0.3, 0.4) is 0 Å². The van der Waals surface area contributed by atoms with Crippen LogP contribution in [0.4, 0.5) is 5.82 Å². The van der Waals surface area contributed by atoms with Gasteiger partial charge in [0.05, 0.1) is 16.8 Å². The summed E-state index contributed by atoms with van der Waals surface area (Å²) < 4.78 is 6.66. The Labute approximate surface area is 145 Å². The maximum atomic E-state index is 5.53. The van der Waals surface area contributed by atoms with Crippen molar-refractivity contribution in [3.05, 3.63) is 59.3 Å². The highest BCUT2D eigenvalue weighted by atomic mass is 32.1. The summed E-state index contributed by atoms with van der Waals surface area (Å²) in [5.74, 6) is 1.75. The van der Waals surface area contributed by atoms with E-state index in [1.165, 1.54) is 0 Å². The number of anilines is 1. The molecule has 1 aromatic carbocycles. The van der Waals surface area contributed by atoms with Gasteiger partial charge in [-0.1, -0.05) is 18.2 Å². The molecule has 3 aromatic rings. The van der Waals surface area contributed by atoms with E-state index in [-0.39, 0.29) is 0 Å². The summed E-state index contributed by atoms with van der Waals surface area (Å²) in [5.41, 5.74) is 2.06. The fraction of sp³-hybridized carbons (Fsp3) is 0.158. The molecule has 0 spiro atoms. The van der Waals surface area contributed by atoms with Crippen LogP contribution < -0.4 is 10.1 Å². The quantitative estimate of drug-likeness (QED) is 0.653. The van der Waals surface area contributed by atoms with Crippen molar-refractivity contribution < 1.29 is 4.74 Å². The van der Waals surface area contributed by atoms with Crippen molar-refractivity contribution in [1.82, 2.24) is 9.97 Å². The van der Waals surface area contributed by atoms with E-state index < -0.39 is 0 Å². The molecule has 0 fully saturated rings. The van der Waals surface area contributed by atoms with Crippen molar-refractivity contribution in [1.29, 1.82) is 0 Å². The van der Waals surface area contributed by atoms with Gasteiger partial charge in [-0.3, -0.25) is 0 Å². The lowest BCUT2D eigenvalue weighted by atomic mass is 10.2. The van der Waals surface area contributed by atoms with Gasteiger partial charge in [0.25, 0.3) is 0 Å². The number of thiazole rings is 1. The molecule has 1 N–H and O–H groups in total. The minimum Gasteiger partial charge on any atom is -0.494 e. The molecule has 0 radical (unpaired) electrons. The number of nitrogens with one attached hydrogen (secondary N) is 1. The first-order valence-electron chi connectivity index (χ1n) is 7.80. The molecule has 0 aliphatic heterocycles. The zero-order valence-corrected chi connectivity index (χ0v) is 14.5. The van der Waals surface area contributed by atoms with Crippen LogP contribution in [0.15, 0.2) is 48.7 Å². The Morgan fingerprint density at radius 3 is 2.79 bits per heavy atom. The number of hydrogen-bond donors (Lipinski definition) is 1. The molecular formula is C19H19N3OS. The standard InChI is InChI=1S/C19H19N3OS/c1-3-23-15-9-10-16-17(12-15)24-19(22-16)7-5-4-6-14-8-11-18(20-2)21-13-14/h4-13H,3H2,1-2H3,(H,20,21)/b6-4+,7-5+. The van der Waals surface area contributed by atoms with E-state index in [1.54, 1.807) is 11.3 Å². The van der Waals surface area contributed by atoms with Gasteiger partial charge in [-0.2, -0.15) is 0 Å². The molecule has 0 aliphatic rings. The summed E-state index contributed by atoms with van der Waals surface area (Å²) >= 11 is 1.66. The molecule has 2 aromatic heterocycles. The van der Waals surface area contributed by atoms with Gasteiger partial charge in [0.1, 0.15) is 16.6 Å². The van der Waals surface area contributed by atoms with E-state index in [1.807, 2.05) is 74.8 Å². The second kappa shape index (κ2) is 7.75. The molecule has 0 amide bonds. The Bertz CT molecular complexity index is 866. The van der Waals surface area contributed by atoms with Crippen molar-refractivity contribution in [3.63, 3.8) is 0 Å². The summed E-state index contributed by atoms with van der Waals surface area (Å²) in [6, 6.07) is 9.97. The molecule has 3 rings (SSSR count). The summed E-state index contributed by atoms with van der Waals surface area (Å²) in [5, 5.41) is 3.98. The van der Waals surface area contributed by atoms with Crippen molar-refractivity contribution in [2.24, 2.45) is 0 Å². The first-order chi connectivity index (χ1) is 11.8. The Kier molecular flexibility index (Phi) is 5.23.